The van der Waals surface area contributed by atoms with E-state index in [9.17, 15) is 27.5 Å². The number of halogens is 5. The number of rotatable bonds is 9. The largest absolute Gasteiger partial charge is 0.488 e. The molecule has 1 aliphatic heterocycles. The Bertz CT molecular complexity index is 1590. The van der Waals surface area contributed by atoms with Crippen LogP contribution in [0.25, 0.3) is 11.3 Å². The smallest absolute Gasteiger partial charge is 0.414 e. The lowest BCUT2D eigenvalue weighted by atomic mass is 9.88. The van der Waals surface area contributed by atoms with Crippen LogP contribution >= 0.6 is 11.6 Å². The van der Waals surface area contributed by atoms with Crippen LogP contribution in [0.3, 0.4) is 0 Å². The number of hydrogen-bond donors (Lipinski definition) is 3. The van der Waals surface area contributed by atoms with Crippen LogP contribution in [0.5, 0.6) is 17.2 Å². The maximum Gasteiger partial charge on any atom is 0.414 e. The number of amides is 1. The molecule has 228 valence electrons. The number of carbonyl (C=O) groups excluding carboxylic acids is 1. The van der Waals surface area contributed by atoms with E-state index in [2.05, 4.69) is 10.3 Å². The lowest BCUT2D eigenvalue weighted by Crippen LogP contribution is -2.52. The highest BCUT2D eigenvalue weighted by Gasteiger charge is 2.59. The van der Waals surface area contributed by atoms with E-state index < -0.39 is 47.8 Å². The van der Waals surface area contributed by atoms with Crippen molar-refractivity contribution < 1.29 is 41.7 Å². The first-order valence-electron chi connectivity index (χ1n) is 13.7. The minimum atomic E-state index is -4.91. The van der Waals surface area contributed by atoms with Crippen molar-refractivity contribution in [3.8, 4) is 28.5 Å². The third-order valence-electron chi connectivity index (χ3n) is 7.58. The van der Waals surface area contributed by atoms with E-state index in [1.54, 1.807) is 18.2 Å². The lowest BCUT2D eigenvalue weighted by molar-refractivity contribution is -0.191. The number of nitrogens with one attached hydrogen (secondary N) is 1. The van der Waals surface area contributed by atoms with Gasteiger partial charge in [-0.05, 0) is 75.1 Å². The molecule has 2 heterocycles. The van der Waals surface area contributed by atoms with Gasteiger partial charge < -0.3 is 30.4 Å². The van der Waals surface area contributed by atoms with E-state index >= 15 is 0 Å². The second-order valence-electron chi connectivity index (χ2n) is 11.4. The molecular formula is C30H28ClF4N3O5. The number of fused-ring (bicyclic) bond motifs is 1. The summed E-state index contributed by atoms with van der Waals surface area (Å²) in [4.78, 5) is 17.5. The predicted molar refractivity (Wildman–Crippen MR) is 148 cm³/mol. The molecule has 0 spiro atoms. The van der Waals surface area contributed by atoms with Crippen molar-refractivity contribution in [2.45, 2.75) is 62.1 Å². The molecule has 2 aliphatic carbocycles. The Hall–Kier alpha value is -3.61. The third kappa shape index (κ3) is 5.83. The van der Waals surface area contributed by atoms with Gasteiger partial charge in [-0.25, -0.2) is 9.37 Å². The first-order chi connectivity index (χ1) is 20.2. The van der Waals surface area contributed by atoms with E-state index in [1.807, 2.05) is 0 Å². The van der Waals surface area contributed by atoms with Crippen LogP contribution in [0.4, 0.5) is 17.6 Å². The number of pyridine rings is 1. The quantitative estimate of drug-likeness (QED) is 0.275. The Balaban J connectivity index is 1.30. The molecule has 6 rings (SSSR count). The van der Waals surface area contributed by atoms with Crippen molar-refractivity contribution in [2.75, 3.05) is 13.2 Å². The van der Waals surface area contributed by atoms with Gasteiger partial charge in [0.15, 0.2) is 22.8 Å². The molecule has 13 heteroatoms. The normalized spacial score (nSPS) is 21.0. The van der Waals surface area contributed by atoms with E-state index in [4.69, 9.17) is 31.5 Å². The van der Waals surface area contributed by atoms with Crippen molar-refractivity contribution in [1.82, 2.24) is 10.3 Å². The number of nitrogens with zero attached hydrogens (tertiary/aromatic N) is 1. The molecule has 2 atom stereocenters. The Kier molecular flexibility index (Phi) is 7.22. The fourth-order valence-corrected chi connectivity index (χ4v) is 4.82. The molecule has 1 aromatic heterocycles. The van der Waals surface area contributed by atoms with Crippen LogP contribution in [0, 0.1) is 5.82 Å². The average molecular weight is 622 g/mol. The van der Waals surface area contributed by atoms with Crippen molar-refractivity contribution in [1.29, 1.82) is 0 Å². The molecule has 2 aromatic carbocycles. The predicted octanol–water partition coefficient (Wildman–Crippen LogP) is 5.37. The first kappa shape index (κ1) is 29.5. The summed E-state index contributed by atoms with van der Waals surface area (Å²) in [6.45, 7) is -0.0620. The fourth-order valence-electron chi connectivity index (χ4n) is 4.64. The van der Waals surface area contributed by atoms with Crippen LogP contribution in [-0.4, -0.2) is 47.5 Å². The Morgan fingerprint density at radius 1 is 1.12 bits per heavy atom. The summed E-state index contributed by atoms with van der Waals surface area (Å²) < 4.78 is 73.5. The zero-order valence-electron chi connectivity index (χ0n) is 22.9. The van der Waals surface area contributed by atoms with Crippen molar-refractivity contribution >= 4 is 17.5 Å². The van der Waals surface area contributed by atoms with Crippen LogP contribution in [0.2, 0.25) is 5.02 Å². The van der Waals surface area contributed by atoms with Gasteiger partial charge in [-0.15, -0.1) is 0 Å². The maximum absolute atomic E-state index is 14.1. The second-order valence-corrected chi connectivity index (χ2v) is 11.8. The molecule has 8 nitrogen and oxygen atoms in total. The van der Waals surface area contributed by atoms with Gasteiger partial charge in [0.2, 0.25) is 0 Å². The Morgan fingerprint density at radius 2 is 1.79 bits per heavy atom. The molecule has 3 aliphatic rings. The van der Waals surface area contributed by atoms with E-state index in [0.717, 1.165) is 37.8 Å². The first-order valence-corrected chi connectivity index (χ1v) is 14.1. The molecule has 0 radical (unpaired) electrons. The van der Waals surface area contributed by atoms with E-state index in [0.29, 0.717) is 11.5 Å². The average Bonchev–Trinajstić information content (AvgIpc) is 3.89. The third-order valence-corrected chi connectivity index (χ3v) is 7.87. The highest BCUT2D eigenvalue weighted by molar-refractivity contribution is 6.31. The molecule has 2 saturated carbocycles. The summed E-state index contributed by atoms with van der Waals surface area (Å²) in [6, 6.07) is 9.29. The summed E-state index contributed by atoms with van der Waals surface area (Å²) >= 11 is 5.93. The monoisotopic (exact) mass is 621 g/mol. The molecular weight excluding hydrogens is 594 g/mol. The zero-order valence-corrected chi connectivity index (χ0v) is 23.7. The van der Waals surface area contributed by atoms with Crippen molar-refractivity contribution in [3.05, 3.63) is 70.1 Å². The molecule has 3 aromatic rings. The Labute approximate surface area is 249 Å². The van der Waals surface area contributed by atoms with Crippen LogP contribution in [-0.2, 0) is 11.1 Å². The highest BCUT2D eigenvalue weighted by atomic mass is 35.5. The van der Waals surface area contributed by atoms with Gasteiger partial charge in [0.05, 0.1) is 29.5 Å². The number of aromatic nitrogens is 1. The van der Waals surface area contributed by atoms with Crippen LogP contribution in [0.15, 0.2) is 42.5 Å². The van der Waals surface area contributed by atoms with Crippen LogP contribution < -0.4 is 25.3 Å². The SMILES string of the molecule is C[C@](O)(CNC(=O)c1ccc(OC2CC2)c(OC2CC2)c1)c1cc2c(c(-c3ccc(F)c(Cl)c3)n1)OC[C@@]2(N)C(F)(F)F. The minimum Gasteiger partial charge on any atom is -0.488 e. The van der Waals surface area contributed by atoms with Gasteiger partial charge in [-0.2, -0.15) is 13.2 Å². The van der Waals surface area contributed by atoms with Gasteiger partial charge >= 0.3 is 6.18 Å². The molecule has 2 fully saturated rings. The summed E-state index contributed by atoms with van der Waals surface area (Å²) in [5.41, 5.74) is 0.530. The van der Waals surface area contributed by atoms with Gasteiger partial charge in [0.25, 0.3) is 5.91 Å². The van der Waals surface area contributed by atoms with E-state index in [1.165, 1.54) is 19.1 Å². The second kappa shape index (κ2) is 10.5. The number of hydrogen-bond acceptors (Lipinski definition) is 7. The van der Waals surface area contributed by atoms with Crippen molar-refractivity contribution in [3.63, 3.8) is 0 Å². The maximum atomic E-state index is 14.1. The fraction of sp³-hybridized carbons (Fsp3) is 0.400. The number of benzene rings is 2. The number of carbonyl (C=O) groups is 1. The van der Waals surface area contributed by atoms with E-state index in [-0.39, 0.29) is 45.5 Å². The summed E-state index contributed by atoms with van der Waals surface area (Å²) in [7, 11) is 0. The molecule has 1 amide bonds. The number of alkyl halides is 3. The summed E-state index contributed by atoms with van der Waals surface area (Å²) in [5.74, 6) is -0.565. The standard InChI is InChI=1S/C30H28ClF4N3O5/c1-28(40,13-37-27(39)16-3-9-22(42-17-4-5-17)23(11-16)43-18-6-7-18)24-12-19-26(41-14-29(19,36)30(33,34)35)25(38-24)15-2-8-21(32)20(31)10-15/h2-3,8-12,17-18,40H,4-7,13-14,36H2,1H3,(H,37,39)/t28-,29-/m0/s1. The number of ether oxygens (including phenoxy) is 3. The van der Waals surface area contributed by atoms with Crippen LogP contribution in [0.1, 0.15) is 54.2 Å². The molecule has 43 heavy (non-hydrogen) atoms. The minimum absolute atomic E-state index is 0.0620. The highest BCUT2D eigenvalue weighted by Crippen LogP contribution is 2.50. The summed E-state index contributed by atoms with van der Waals surface area (Å²) in [6.07, 6.45) is -1.00. The topological polar surface area (TPSA) is 116 Å². The molecule has 0 unspecified atom stereocenters. The van der Waals surface area contributed by atoms with Crippen molar-refractivity contribution in [2.24, 2.45) is 5.73 Å². The molecule has 4 N–H and O–H groups in total. The number of aliphatic hydroxyl groups is 1. The zero-order chi connectivity index (χ0) is 30.7. The molecule has 0 bridgehead atoms. The van der Waals surface area contributed by atoms with Gasteiger partial charge in [-0.1, -0.05) is 11.6 Å². The Morgan fingerprint density at radius 3 is 2.42 bits per heavy atom. The van der Waals surface area contributed by atoms with Gasteiger partial charge in [-0.3, -0.25) is 4.79 Å². The summed E-state index contributed by atoms with van der Waals surface area (Å²) in [5, 5.41) is 13.7. The molecule has 0 saturated heterocycles. The van der Waals surface area contributed by atoms with Gasteiger partial charge in [0, 0.05) is 16.7 Å². The lowest BCUT2D eigenvalue weighted by Gasteiger charge is -2.28. The number of nitrogens with two attached hydrogens (primary N) is 1. The van der Waals surface area contributed by atoms with Gasteiger partial charge in [0.1, 0.15) is 23.7 Å².